The number of nitrogen functional groups attached to an aromatic ring is 1. The molecule has 18 heavy (non-hydrogen) atoms. The molecule has 0 unspecified atom stereocenters. The van der Waals surface area contributed by atoms with Crippen LogP contribution in [-0.4, -0.2) is 31.2 Å². The lowest BCUT2D eigenvalue weighted by molar-refractivity contribution is 0.282. The molecule has 2 aromatic rings. The first kappa shape index (κ1) is 13.0. The Morgan fingerprint density at radius 1 is 1.33 bits per heavy atom. The van der Waals surface area contributed by atoms with E-state index < -0.39 is 0 Å². The summed E-state index contributed by atoms with van der Waals surface area (Å²) in [6, 6.07) is 0. The highest BCUT2D eigenvalue weighted by Gasteiger charge is 2.06. The highest BCUT2D eigenvalue weighted by atomic mass is 32.1. The van der Waals surface area contributed by atoms with Gasteiger partial charge in [0.15, 0.2) is 10.6 Å². The molecule has 0 aliphatic carbocycles. The monoisotopic (exact) mass is 267 g/mol. The molecule has 2 heterocycles. The average Bonchev–Trinajstić information content (AvgIpc) is 2.72. The van der Waals surface area contributed by atoms with Crippen molar-refractivity contribution in [1.29, 1.82) is 0 Å². The number of nitrogens with two attached hydrogens (primary N) is 1. The lowest BCUT2D eigenvalue weighted by Crippen LogP contribution is -2.01. The molecule has 0 aliphatic rings. The molecular weight excluding hydrogens is 250 g/mol. The molecule has 0 spiro atoms. The van der Waals surface area contributed by atoms with Crippen LogP contribution in [-0.2, 0) is 6.54 Å². The molecule has 0 atom stereocenters. The molecule has 0 radical (unpaired) electrons. The first-order valence-corrected chi connectivity index (χ1v) is 6.44. The van der Waals surface area contributed by atoms with Crippen LogP contribution in [0.1, 0.15) is 25.7 Å². The molecule has 6 nitrogen and oxygen atoms in total. The third kappa shape index (κ3) is 2.85. The van der Waals surface area contributed by atoms with Gasteiger partial charge in [-0.1, -0.05) is 25.1 Å². The maximum Gasteiger partial charge on any atom is 0.200 e. The van der Waals surface area contributed by atoms with Crippen LogP contribution >= 0.6 is 12.2 Å². The second kappa shape index (κ2) is 5.92. The number of H-pyrrole nitrogens is 1. The topological polar surface area (TPSA) is 92.8 Å². The van der Waals surface area contributed by atoms with E-state index in [-0.39, 0.29) is 6.61 Å². The van der Waals surface area contributed by atoms with Crippen molar-refractivity contribution in [1.82, 2.24) is 19.5 Å². The number of hydrogen-bond acceptors (Lipinski definition) is 5. The Morgan fingerprint density at radius 3 is 2.89 bits per heavy atom. The summed E-state index contributed by atoms with van der Waals surface area (Å²) in [4.78, 5) is 11.2. The molecule has 4 N–H and O–H groups in total. The highest BCUT2D eigenvalue weighted by Crippen LogP contribution is 2.13. The number of fused-ring (bicyclic) bond motifs is 1. The van der Waals surface area contributed by atoms with Gasteiger partial charge in [0.1, 0.15) is 11.2 Å². The number of aryl methyl sites for hydroxylation is 1. The zero-order chi connectivity index (χ0) is 13.0. The number of nitrogens with one attached hydrogen (secondary N) is 1. The summed E-state index contributed by atoms with van der Waals surface area (Å²) in [5, 5.41) is 8.70. The van der Waals surface area contributed by atoms with E-state index in [1.54, 1.807) is 6.33 Å². The van der Waals surface area contributed by atoms with Gasteiger partial charge in [0, 0.05) is 13.2 Å². The van der Waals surface area contributed by atoms with E-state index in [4.69, 9.17) is 23.1 Å². The number of aromatic amines is 1. The summed E-state index contributed by atoms with van der Waals surface area (Å²) in [7, 11) is 0. The normalized spacial score (nSPS) is 11.2. The van der Waals surface area contributed by atoms with E-state index in [9.17, 15) is 0 Å². The third-order valence-corrected chi connectivity index (χ3v) is 3.10. The highest BCUT2D eigenvalue weighted by molar-refractivity contribution is 7.71. The SMILES string of the molecule is Nc1nc(=S)c2ncn(CCCCCCO)c2[nH]1. The van der Waals surface area contributed by atoms with Crippen LogP contribution in [0, 0.1) is 4.64 Å². The van der Waals surface area contributed by atoms with E-state index in [2.05, 4.69) is 15.0 Å². The summed E-state index contributed by atoms with van der Waals surface area (Å²) in [6.45, 7) is 1.12. The summed E-state index contributed by atoms with van der Waals surface area (Å²) in [5.74, 6) is 0.314. The van der Waals surface area contributed by atoms with Crippen molar-refractivity contribution >= 4 is 29.3 Å². The standard InChI is InChI=1S/C11H17N5OS/c12-11-14-9-8(10(18)15-11)13-7-16(9)5-3-1-2-4-6-17/h7,17H,1-6H2,(H3,12,14,15,18). The Kier molecular flexibility index (Phi) is 4.27. The smallest absolute Gasteiger partial charge is 0.200 e. The molecule has 7 heteroatoms. The zero-order valence-electron chi connectivity index (χ0n) is 10.1. The lowest BCUT2D eigenvalue weighted by atomic mass is 10.2. The van der Waals surface area contributed by atoms with Gasteiger partial charge in [-0.05, 0) is 12.8 Å². The van der Waals surface area contributed by atoms with Gasteiger partial charge in [-0.15, -0.1) is 0 Å². The number of hydrogen-bond donors (Lipinski definition) is 3. The molecule has 0 fully saturated rings. The zero-order valence-corrected chi connectivity index (χ0v) is 10.9. The van der Waals surface area contributed by atoms with Gasteiger partial charge < -0.3 is 20.4 Å². The molecule has 98 valence electrons. The number of anilines is 1. The number of aromatic nitrogens is 4. The van der Waals surface area contributed by atoms with Crippen molar-refractivity contribution in [3.63, 3.8) is 0 Å². The lowest BCUT2D eigenvalue weighted by Gasteiger charge is -2.04. The van der Waals surface area contributed by atoms with E-state index in [1.165, 1.54) is 0 Å². The van der Waals surface area contributed by atoms with Crippen LogP contribution in [0.15, 0.2) is 6.33 Å². The Labute approximate surface area is 110 Å². The minimum Gasteiger partial charge on any atom is -0.396 e. The molecule has 2 rings (SSSR count). The maximum absolute atomic E-state index is 8.70. The molecule has 0 saturated heterocycles. The predicted molar refractivity (Wildman–Crippen MR) is 72.7 cm³/mol. The number of rotatable bonds is 6. The van der Waals surface area contributed by atoms with Gasteiger partial charge in [0.25, 0.3) is 0 Å². The van der Waals surface area contributed by atoms with Crippen molar-refractivity contribution in [3.8, 4) is 0 Å². The summed E-state index contributed by atoms with van der Waals surface area (Å²) < 4.78 is 2.43. The van der Waals surface area contributed by atoms with Gasteiger partial charge in [0.2, 0.25) is 0 Å². The van der Waals surface area contributed by atoms with Crippen LogP contribution in [0.3, 0.4) is 0 Å². The molecule has 2 aromatic heterocycles. The number of aliphatic hydroxyl groups excluding tert-OH is 1. The van der Waals surface area contributed by atoms with Crippen molar-refractivity contribution in [2.45, 2.75) is 32.2 Å². The van der Waals surface area contributed by atoms with E-state index >= 15 is 0 Å². The molecule has 0 aliphatic heterocycles. The van der Waals surface area contributed by atoms with Crippen LogP contribution < -0.4 is 5.73 Å². The molecular formula is C11H17N5OS. The molecule has 0 amide bonds. The first-order valence-electron chi connectivity index (χ1n) is 6.04. The summed E-state index contributed by atoms with van der Waals surface area (Å²) in [6.07, 6.45) is 5.78. The fraction of sp³-hybridized carbons (Fsp3) is 0.545. The Hall–Kier alpha value is -1.47. The third-order valence-electron chi connectivity index (χ3n) is 2.82. The van der Waals surface area contributed by atoms with Crippen molar-refractivity contribution in [2.24, 2.45) is 0 Å². The number of nitrogens with zero attached hydrogens (tertiary/aromatic N) is 3. The number of aliphatic hydroxyl groups is 1. The summed E-state index contributed by atoms with van der Waals surface area (Å²) >= 11 is 5.11. The second-order valence-corrected chi connectivity index (χ2v) is 4.59. The van der Waals surface area contributed by atoms with Crippen LogP contribution in [0.25, 0.3) is 11.2 Å². The van der Waals surface area contributed by atoms with E-state index in [1.807, 2.05) is 4.57 Å². The van der Waals surface area contributed by atoms with Gasteiger partial charge in [0.05, 0.1) is 6.33 Å². The predicted octanol–water partition coefficient (Wildman–Crippen LogP) is 1.62. The summed E-state index contributed by atoms with van der Waals surface area (Å²) in [5.41, 5.74) is 7.16. The van der Waals surface area contributed by atoms with Gasteiger partial charge in [-0.2, -0.15) is 0 Å². The van der Waals surface area contributed by atoms with Gasteiger partial charge in [-0.3, -0.25) is 0 Å². The van der Waals surface area contributed by atoms with Crippen LogP contribution in [0.5, 0.6) is 0 Å². The fourth-order valence-electron chi connectivity index (χ4n) is 1.90. The van der Waals surface area contributed by atoms with Gasteiger partial charge >= 0.3 is 0 Å². The first-order chi connectivity index (χ1) is 8.72. The van der Waals surface area contributed by atoms with Crippen LogP contribution in [0.4, 0.5) is 5.95 Å². The van der Waals surface area contributed by atoms with Crippen molar-refractivity contribution in [2.75, 3.05) is 12.3 Å². The van der Waals surface area contributed by atoms with Crippen molar-refractivity contribution in [3.05, 3.63) is 11.0 Å². The quantitative estimate of drug-likeness (QED) is 0.546. The minimum atomic E-state index is 0.267. The fourth-order valence-corrected chi connectivity index (χ4v) is 2.15. The number of unbranched alkanes of at least 4 members (excludes halogenated alkanes) is 3. The Bertz CT molecular complexity index is 576. The minimum absolute atomic E-state index is 0.267. The largest absolute Gasteiger partial charge is 0.396 e. The van der Waals surface area contributed by atoms with Gasteiger partial charge in [-0.25, -0.2) is 9.97 Å². The molecule has 0 aromatic carbocycles. The Balaban J connectivity index is 2.07. The second-order valence-electron chi connectivity index (χ2n) is 4.20. The van der Waals surface area contributed by atoms with E-state index in [0.717, 1.165) is 37.9 Å². The number of imidazole rings is 1. The van der Waals surface area contributed by atoms with Crippen LogP contribution in [0.2, 0.25) is 0 Å². The van der Waals surface area contributed by atoms with E-state index in [0.29, 0.717) is 16.1 Å². The molecule has 0 saturated carbocycles. The maximum atomic E-state index is 8.70. The van der Waals surface area contributed by atoms with Crippen molar-refractivity contribution < 1.29 is 5.11 Å². The molecule has 0 bridgehead atoms. The average molecular weight is 267 g/mol. The Morgan fingerprint density at radius 2 is 2.11 bits per heavy atom.